The first kappa shape index (κ1) is 30.4. The Morgan fingerprint density at radius 2 is 1.41 bits per heavy atom. The summed E-state index contributed by atoms with van der Waals surface area (Å²) in [5, 5.41) is 13.4. The minimum Gasteiger partial charge on any atom is -0.481 e. The van der Waals surface area contributed by atoms with Crippen molar-refractivity contribution < 1.29 is 19.4 Å². The number of ether oxygens (including phenoxy) is 1. The van der Waals surface area contributed by atoms with Crippen LogP contribution >= 0.6 is 0 Å². The van der Waals surface area contributed by atoms with Gasteiger partial charge in [0.15, 0.2) is 0 Å². The fourth-order valence-electron chi connectivity index (χ4n) is 5.25. The fraction of sp³-hybridized carbons (Fsp3) is 0.486. The number of hydrogen-bond donors (Lipinski definition) is 1. The van der Waals surface area contributed by atoms with Crippen LogP contribution in [0.2, 0.25) is 0 Å². The maximum absolute atomic E-state index is 12.9. The number of fused-ring (bicyclic) bond motifs is 2. The standard InChI is InChI=1S/C35H46O4/c1-3-4-5-6-7-8-9-10-11-12-13-14-15-16-22-29(35(37)38)26-33(36)39-34-30-23-18-17-21-28(30)25-32-27(2)20-19-24-31(32)34/h16-25,29H,3-15,26H2,1-2H3,(H,37,38). The zero-order chi connectivity index (χ0) is 27.9. The fourth-order valence-corrected chi connectivity index (χ4v) is 5.25. The summed E-state index contributed by atoms with van der Waals surface area (Å²) in [6.07, 6.45) is 19.8. The summed E-state index contributed by atoms with van der Waals surface area (Å²) in [4.78, 5) is 24.8. The number of carbonyl (C=O) groups excluding carboxylic acids is 1. The van der Waals surface area contributed by atoms with Crippen LogP contribution in [0.3, 0.4) is 0 Å². The molecule has 0 aromatic heterocycles. The van der Waals surface area contributed by atoms with Crippen LogP contribution in [-0.4, -0.2) is 17.0 Å². The van der Waals surface area contributed by atoms with Crippen molar-refractivity contribution in [2.75, 3.05) is 0 Å². The van der Waals surface area contributed by atoms with Gasteiger partial charge in [-0.2, -0.15) is 0 Å². The highest BCUT2D eigenvalue weighted by Gasteiger charge is 2.21. The maximum Gasteiger partial charge on any atom is 0.312 e. The van der Waals surface area contributed by atoms with Gasteiger partial charge in [0.05, 0.1) is 12.3 Å². The van der Waals surface area contributed by atoms with Gasteiger partial charge in [0.1, 0.15) is 5.75 Å². The van der Waals surface area contributed by atoms with Crippen LogP contribution < -0.4 is 4.74 Å². The van der Waals surface area contributed by atoms with Gasteiger partial charge in [0.2, 0.25) is 0 Å². The highest BCUT2D eigenvalue weighted by Crippen LogP contribution is 2.36. The van der Waals surface area contributed by atoms with Crippen molar-refractivity contribution in [2.24, 2.45) is 5.92 Å². The number of aryl methyl sites for hydroxylation is 1. The smallest absolute Gasteiger partial charge is 0.312 e. The number of unbranched alkanes of at least 4 members (excludes halogenated alkanes) is 12. The van der Waals surface area contributed by atoms with Crippen molar-refractivity contribution in [2.45, 2.75) is 104 Å². The Morgan fingerprint density at radius 3 is 2.08 bits per heavy atom. The van der Waals surface area contributed by atoms with Gasteiger partial charge >= 0.3 is 11.9 Å². The van der Waals surface area contributed by atoms with Gasteiger partial charge in [-0.1, -0.05) is 132 Å². The molecule has 0 aliphatic carbocycles. The molecule has 0 fully saturated rings. The van der Waals surface area contributed by atoms with Crippen LogP contribution in [-0.2, 0) is 9.59 Å². The highest BCUT2D eigenvalue weighted by atomic mass is 16.5. The number of hydrogen-bond acceptors (Lipinski definition) is 3. The van der Waals surface area contributed by atoms with E-state index >= 15 is 0 Å². The molecule has 0 aliphatic rings. The number of aliphatic carboxylic acids is 1. The molecule has 0 radical (unpaired) electrons. The molecule has 1 unspecified atom stereocenters. The first-order valence-corrected chi connectivity index (χ1v) is 15.0. The Morgan fingerprint density at radius 1 is 0.795 bits per heavy atom. The minimum atomic E-state index is -1.00. The predicted octanol–water partition coefficient (Wildman–Crippen LogP) is 9.95. The van der Waals surface area contributed by atoms with E-state index in [1.807, 2.05) is 55.5 Å². The van der Waals surface area contributed by atoms with Gasteiger partial charge < -0.3 is 9.84 Å². The van der Waals surface area contributed by atoms with Gasteiger partial charge in [-0.25, -0.2) is 0 Å². The lowest BCUT2D eigenvalue weighted by Crippen LogP contribution is -2.19. The topological polar surface area (TPSA) is 63.6 Å². The van der Waals surface area contributed by atoms with E-state index in [1.165, 1.54) is 64.2 Å². The van der Waals surface area contributed by atoms with Crippen LogP contribution in [0.5, 0.6) is 5.75 Å². The largest absolute Gasteiger partial charge is 0.481 e. The van der Waals surface area contributed by atoms with Gasteiger partial charge in [0, 0.05) is 10.8 Å². The predicted molar refractivity (Wildman–Crippen MR) is 162 cm³/mol. The van der Waals surface area contributed by atoms with E-state index in [4.69, 9.17) is 4.74 Å². The average Bonchev–Trinajstić information content (AvgIpc) is 2.93. The summed E-state index contributed by atoms with van der Waals surface area (Å²) >= 11 is 0. The van der Waals surface area contributed by atoms with Crippen LogP contribution in [0, 0.1) is 12.8 Å². The molecule has 1 N–H and O–H groups in total. The first-order valence-electron chi connectivity index (χ1n) is 15.0. The van der Waals surface area contributed by atoms with E-state index in [0.29, 0.717) is 5.75 Å². The molecule has 3 aromatic carbocycles. The zero-order valence-corrected chi connectivity index (χ0v) is 23.9. The normalized spacial score (nSPS) is 12.4. The quantitative estimate of drug-likeness (QED) is 0.0584. The second kappa shape index (κ2) is 16.7. The van der Waals surface area contributed by atoms with Crippen molar-refractivity contribution >= 4 is 33.5 Å². The number of carbonyl (C=O) groups is 2. The molecule has 39 heavy (non-hydrogen) atoms. The van der Waals surface area contributed by atoms with E-state index in [1.54, 1.807) is 6.08 Å². The van der Waals surface area contributed by atoms with Gasteiger partial charge in [-0.15, -0.1) is 0 Å². The molecule has 0 heterocycles. The molecule has 0 spiro atoms. The van der Waals surface area contributed by atoms with E-state index in [9.17, 15) is 14.7 Å². The Labute approximate surface area is 234 Å². The van der Waals surface area contributed by atoms with Gasteiger partial charge in [-0.3, -0.25) is 9.59 Å². The molecule has 0 bridgehead atoms. The SMILES string of the molecule is CCCCCCCCCCCCCCC=CC(CC(=O)Oc1c2ccccc2cc2c(C)cccc12)C(=O)O. The van der Waals surface area contributed by atoms with Gasteiger partial charge in [0.25, 0.3) is 0 Å². The third-order valence-electron chi connectivity index (χ3n) is 7.59. The van der Waals surface area contributed by atoms with Crippen molar-refractivity contribution in [3.05, 3.63) is 66.2 Å². The van der Waals surface area contributed by atoms with Crippen molar-refractivity contribution in [3.8, 4) is 5.75 Å². The Balaban J connectivity index is 1.44. The zero-order valence-electron chi connectivity index (χ0n) is 23.9. The maximum atomic E-state index is 12.9. The number of allylic oxidation sites excluding steroid dienone is 1. The molecule has 0 aliphatic heterocycles. The number of esters is 1. The third-order valence-corrected chi connectivity index (χ3v) is 7.59. The number of rotatable bonds is 18. The van der Waals surface area contributed by atoms with Crippen molar-refractivity contribution in [1.82, 2.24) is 0 Å². The van der Waals surface area contributed by atoms with E-state index in [-0.39, 0.29) is 6.42 Å². The monoisotopic (exact) mass is 530 g/mol. The van der Waals surface area contributed by atoms with Crippen LogP contribution in [0.4, 0.5) is 0 Å². The van der Waals surface area contributed by atoms with Gasteiger partial charge in [-0.05, 0) is 42.2 Å². The summed E-state index contributed by atoms with van der Waals surface area (Å²) in [6.45, 7) is 4.29. The second-order valence-electron chi connectivity index (χ2n) is 10.8. The van der Waals surface area contributed by atoms with Crippen LogP contribution in [0.25, 0.3) is 21.5 Å². The second-order valence-corrected chi connectivity index (χ2v) is 10.8. The van der Waals surface area contributed by atoms with Crippen LogP contribution in [0.1, 0.15) is 102 Å². The molecule has 3 aromatic rings. The van der Waals surface area contributed by atoms with Crippen LogP contribution in [0.15, 0.2) is 60.7 Å². The molecule has 4 nitrogen and oxygen atoms in total. The van der Waals surface area contributed by atoms with Crippen molar-refractivity contribution in [3.63, 3.8) is 0 Å². The Hall–Kier alpha value is -3.14. The lowest BCUT2D eigenvalue weighted by atomic mass is 9.99. The molecule has 4 heteroatoms. The van der Waals surface area contributed by atoms with E-state index < -0.39 is 17.9 Å². The highest BCUT2D eigenvalue weighted by molar-refractivity contribution is 6.07. The average molecular weight is 531 g/mol. The van der Waals surface area contributed by atoms with E-state index in [0.717, 1.165) is 46.4 Å². The summed E-state index contributed by atoms with van der Waals surface area (Å²) in [6, 6.07) is 15.8. The summed E-state index contributed by atoms with van der Waals surface area (Å²) in [5.41, 5.74) is 1.10. The molecule has 0 saturated carbocycles. The first-order chi connectivity index (χ1) is 19.0. The third kappa shape index (κ3) is 9.84. The molecule has 3 rings (SSSR count). The molecular formula is C35H46O4. The molecule has 0 saturated heterocycles. The summed E-state index contributed by atoms with van der Waals surface area (Å²) < 4.78 is 5.86. The number of benzene rings is 3. The lowest BCUT2D eigenvalue weighted by molar-refractivity contribution is -0.145. The molecule has 0 amide bonds. The number of carboxylic acid groups (broad SMARTS) is 1. The molecular weight excluding hydrogens is 484 g/mol. The number of carboxylic acids is 1. The molecule has 1 atom stereocenters. The lowest BCUT2D eigenvalue weighted by Gasteiger charge is -2.14. The van der Waals surface area contributed by atoms with Crippen molar-refractivity contribution in [1.29, 1.82) is 0 Å². The van der Waals surface area contributed by atoms with E-state index in [2.05, 4.69) is 13.0 Å². The summed E-state index contributed by atoms with van der Waals surface area (Å²) in [5.74, 6) is -1.92. The Kier molecular flexibility index (Phi) is 13.1. The minimum absolute atomic E-state index is 0.194. The Bertz CT molecular complexity index is 1230. The molecule has 210 valence electrons. The summed E-state index contributed by atoms with van der Waals surface area (Å²) in [7, 11) is 0.